The third-order valence-electron chi connectivity index (χ3n) is 2.61. The highest BCUT2D eigenvalue weighted by atomic mass is 19.2. The van der Waals surface area contributed by atoms with Crippen LogP contribution in [0.3, 0.4) is 0 Å². The zero-order valence-corrected chi connectivity index (χ0v) is 10.3. The molecule has 0 fully saturated rings. The Balaban J connectivity index is 2.23. The van der Waals surface area contributed by atoms with Crippen LogP contribution >= 0.6 is 0 Å². The number of carbonyl (C=O) groups excluding carboxylic acids is 1. The molecule has 0 aliphatic rings. The van der Waals surface area contributed by atoms with Gasteiger partial charge in [-0.15, -0.1) is 0 Å². The van der Waals surface area contributed by atoms with Gasteiger partial charge in [0.15, 0.2) is 18.1 Å². The fourth-order valence-corrected chi connectivity index (χ4v) is 1.56. The Labute approximate surface area is 115 Å². The van der Waals surface area contributed by atoms with E-state index in [0.717, 1.165) is 0 Å². The monoisotopic (exact) mass is 302 g/mol. The highest BCUT2D eigenvalue weighted by Crippen LogP contribution is 2.29. The van der Waals surface area contributed by atoms with E-state index in [0.29, 0.717) is 0 Å². The first-order valence-electron chi connectivity index (χ1n) is 5.66. The smallest absolute Gasteiger partial charge is 0.207 e. The van der Waals surface area contributed by atoms with Crippen molar-refractivity contribution in [3.8, 4) is 5.75 Å². The predicted molar refractivity (Wildman–Crippen MR) is 62.5 cm³/mol. The Hall–Kier alpha value is -2.44. The molecule has 2 nitrogen and oxygen atoms in total. The fraction of sp³-hybridized carbons (Fsp3) is 0.0714. The lowest BCUT2D eigenvalue weighted by Crippen LogP contribution is -2.14. The summed E-state index contributed by atoms with van der Waals surface area (Å²) in [5.74, 6) is -12.9. The van der Waals surface area contributed by atoms with Crippen molar-refractivity contribution in [1.29, 1.82) is 0 Å². The number of hydrogen-bond acceptors (Lipinski definition) is 2. The molecule has 0 saturated heterocycles. The lowest BCUT2D eigenvalue weighted by Gasteiger charge is -2.09. The van der Waals surface area contributed by atoms with Crippen molar-refractivity contribution in [2.75, 3.05) is 6.61 Å². The molecule has 2 rings (SSSR count). The van der Waals surface area contributed by atoms with Crippen LogP contribution in [0.2, 0.25) is 0 Å². The summed E-state index contributed by atoms with van der Waals surface area (Å²) in [6, 6.07) is 7.58. The molecule has 0 unspecified atom stereocenters. The number of rotatable bonds is 4. The van der Waals surface area contributed by atoms with Crippen LogP contribution in [0.25, 0.3) is 0 Å². The van der Waals surface area contributed by atoms with Crippen molar-refractivity contribution in [3.63, 3.8) is 0 Å². The number of carbonyl (C=O) groups is 1. The Morgan fingerprint density at radius 1 is 0.810 bits per heavy atom. The molecular weight excluding hydrogens is 295 g/mol. The summed E-state index contributed by atoms with van der Waals surface area (Å²) in [6.07, 6.45) is 0. The van der Waals surface area contributed by atoms with Crippen LogP contribution in [-0.2, 0) is 0 Å². The topological polar surface area (TPSA) is 26.3 Å². The van der Waals surface area contributed by atoms with Crippen LogP contribution in [0.4, 0.5) is 22.0 Å². The molecule has 0 radical (unpaired) electrons. The molecule has 0 saturated carbocycles. The molecule has 2 aromatic rings. The number of benzene rings is 2. The molecule has 0 spiro atoms. The van der Waals surface area contributed by atoms with Crippen LogP contribution in [0, 0.1) is 29.1 Å². The minimum atomic E-state index is -2.29. The maximum atomic E-state index is 13.3. The quantitative estimate of drug-likeness (QED) is 0.373. The number of hydrogen-bond donors (Lipinski definition) is 0. The molecule has 0 amide bonds. The van der Waals surface area contributed by atoms with Gasteiger partial charge in [-0.3, -0.25) is 4.79 Å². The maximum absolute atomic E-state index is 13.3. The van der Waals surface area contributed by atoms with Crippen LogP contribution < -0.4 is 4.74 Å². The Kier molecular flexibility index (Phi) is 4.21. The Bertz CT molecular complexity index is 657. The van der Waals surface area contributed by atoms with E-state index in [1.165, 1.54) is 12.1 Å². The van der Waals surface area contributed by atoms with Gasteiger partial charge in [0.25, 0.3) is 0 Å². The lowest BCUT2D eigenvalue weighted by molar-refractivity contribution is 0.0913. The molecular formula is C14H7F5O2. The molecule has 0 heterocycles. The Morgan fingerprint density at radius 2 is 1.29 bits per heavy atom. The lowest BCUT2D eigenvalue weighted by atomic mass is 10.1. The third kappa shape index (κ3) is 2.86. The average molecular weight is 302 g/mol. The predicted octanol–water partition coefficient (Wildman–Crippen LogP) is 3.64. The van der Waals surface area contributed by atoms with Gasteiger partial charge >= 0.3 is 0 Å². The van der Waals surface area contributed by atoms with E-state index in [9.17, 15) is 26.7 Å². The molecule has 0 N–H and O–H groups in total. The molecule has 2 aromatic carbocycles. The van der Waals surface area contributed by atoms with E-state index in [1.807, 2.05) is 0 Å². The third-order valence-corrected chi connectivity index (χ3v) is 2.61. The van der Waals surface area contributed by atoms with Gasteiger partial charge in [0.05, 0.1) is 0 Å². The van der Waals surface area contributed by atoms with Crippen molar-refractivity contribution >= 4 is 5.78 Å². The molecule has 0 aromatic heterocycles. The van der Waals surface area contributed by atoms with Crippen LogP contribution in [0.5, 0.6) is 5.75 Å². The van der Waals surface area contributed by atoms with Gasteiger partial charge < -0.3 is 4.74 Å². The number of ketones is 1. The summed E-state index contributed by atoms with van der Waals surface area (Å²) in [4.78, 5) is 11.6. The van der Waals surface area contributed by atoms with Crippen molar-refractivity contribution in [2.45, 2.75) is 0 Å². The van der Waals surface area contributed by atoms with Gasteiger partial charge in [0.1, 0.15) is 0 Å². The van der Waals surface area contributed by atoms with Crippen molar-refractivity contribution in [2.24, 2.45) is 0 Å². The van der Waals surface area contributed by atoms with Gasteiger partial charge in [-0.05, 0) is 0 Å². The molecule has 0 aliphatic carbocycles. The second kappa shape index (κ2) is 5.90. The maximum Gasteiger partial charge on any atom is 0.207 e. The van der Waals surface area contributed by atoms with E-state index in [4.69, 9.17) is 0 Å². The molecule has 21 heavy (non-hydrogen) atoms. The average Bonchev–Trinajstić information content (AvgIpc) is 2.51. The minimum absolute atomic E-state index is 0.182. The Morgan fingerprint density at radius 3 is 1.81 bits per heavy atom. The molecule has 0 aliphatic heterocycles. The first-order valence-corrected chi connectivity index (χ1v) is 5.66. The van der Waals surface area contributed by atoms with E-state index < -0.39 is 47.2 Å². The second-order valence-electron chi connectivity index (χ2n) is 3.98. The second-order valence-corrected chi connectivity index (χ2v) is 3.98. The normalized spacial score (nSPS) is 10.5. The van der Waals surface area contributed by atoms with Crippen molar-refractivity contribution in [3.05, 3.63) is 65.0 Å². The summed E-state index contributed by atoms with van der Waals surface area (Å²) in [5, 5.41) is 0. The standard InChI is InChI=1S/C14H7F5O2/c15-9-10(16)12(18)14(13(19)11(9)17)21-6-8(20)7-4-2-1-3-5-7/h1-5H,6H2. The summed E-state index contributed by atoms with van der Waals surface area (Å²) >= 11 is 0. The molecule has 110 valence electrons. The minimum Gasteiger partial charge on any atom is -0.479 e. The van der Waals surface area contributed by atoms with Gasteiger partial charge in [-0.1, -0.05) is 30.3 Å². The first-order chi connectivity index (χ1) is 9.93. The number of ether oxygens (including phenoxy) is 1. The van der Waals surface area contributed by atoms with E-state index in [-0.39, 0.29) is 5.56 Å². The van der Waals surface area contributed by atoms with E-state index in [2.05, 4.69) is 4.74 Å². The summed E-state index contributed by atoms with van der Waals surface area (Å²) in [7, 11) is 0. The van der Waals surface area contributed by atoms with Crippen LogP contribution in [0.15, 0.2) is 30.3 Å². The van der Waals surface area contributed by atoms with Crippen molar-refractivity contribution in [1.82, 2.24) is 0 Å². The summed E-state index contributed by atoms with van der Waals surface area (Å²) in [5.41, 5.74) is 0.182. The van der Waals surface area contributed by atoms with E-state index >= 15 is 0 Å². The largest absolute Gasteiger partial charge is 0.479 e. The fourth-order valence-electron chi connectivity index (χ4n) is 1.56. The van der Waals surface area contributed by atoms with E-state index in [1.54, 1.807) is 18.2 Å². The summed E-state index contributed by atoms with van der Waals surface area (Å²) in [6.45, 7) is -0.859. The number of halogens is 5. The van der Waals surface area contributed by atoms with Crippen molar-refractivity contribution < 1.29 is 31.5 Å². The van der Waals surface area contributed by atoms with Gasteiger partial charge in [0.2, 0.25) is 29.1 Å². The SMILES string of the molecule is O=C(COc1c(F)c(F)c(F)c(F)c1F)c1ccccc1. The molecule has 0 atom stereocenters. The van der Waals surface area contributed by atoms with Crippen LogP contribution in [-0.4, -0.2) is 12.4 Å². The number of Topliss-reactive ketones (excluding diaryl/α,β-unsaturated/α-hetero) is 1. The zero-order chi connectivity index (χ0) is 15.6. The van der Waals surface area contributed by atoms with Gasteiger partial charge in [-0.2, -0.15) is 8.78 Å². The van der Waals surface area contributed by atoms with Gasteiger partial charge in [0, 0.05) is 5.56 Å². The zero-order valence-electron chi connectivity index (χ0n) is 10.3. The van der Waals surface area contributed by atoms with Gasteiger partial charge in [-0.25, -0.2) is 13.2 Å². The molecule has 0 bridgehead atoms. The summed E-state index contributed by atoms with van der Waals surface area (Å²) < 4.78 is 69.7. The molecule has 7 heteroatoms. The highest BCUT2D eigenvalue weighted by molar-refractivity contribution is 5.97. The highest BCUT2D eigenvalue weighted by Gasteiger charge is 2.27. The first kappa shape index (κ1) is 15.0. The van der Waals surface area contributed by atoms with Crippen LogP contribution in [0.1, 0.15) is 10.4 Å².